The standard InChI is InChI=1S/C20H20N6O3S/c1-4-29-14-5-6-15-16(10-14)30-20(21-15)22-18(27)11-25-19(28)8-7-17(24-25)26-13(3)9-12(2)23-26/h5-10H,4,11H2,1-3H3,(H,21,22,27). The Morgan fingerprint density at radius 3 is 2.73 bits per heavy atom. The molecule has 10 heteroatoms. The Balaban J connectivity index is 1.52. The predicted octanol–water partition coefficient (Wildman–Crippen LogP) is 2.69. The molecule has 0 atom stereocenters. The third-order valence-electron chi connectivity index (χ3n) is 4.29. The van der Waals surface area contributed by atoms with Crippen LogP contribution in [-0.2, 0) is 11.3 Å². The smallest absolute Gasteiger partial charge is 0.267 e. The maximum Gasteiger partial charge on any atom is 0.267 e. The number of aryl methyl sites for hydroxylation is 2. The lowest BCUT2D eigenvalue weighted by molar-refractivity contribution is -0.117. The third-order valence-corrected chi connectivity index (χ3v) is 5.22. The van der Waals surface area contributed by atoms with Crippen molar-refractivity contribution in [2.75, 3.05) is 11.9 Å². The van der Waals surface area contributed by atoms with Gasteiger partial charge < -0.3 is 10.1 Å². The van der Waals surface area contributed by atoms with Crippen LogP contribution in [-0.4, -0.2) is 37.1 Å². The number of carbonyl (C=O) groups is 1. The maximum absolute atomic E-state index is 12.5. The van der Waals surface area contributed by atoms with E-state index in [4.69, 9.17) is 4.74 Å². The number of benzene rings is 1. The molecule has 154 valence electrons. The largest absolute Gasteiger partial charge is 0.494 e. The summed E-state index contributed by atoms with van der Waals surface area (Å²) in [6.07, 6.45) is 0. The topological polar surface area (TPSA) is 104 Å². The predicted molar refractivity (Wildman–Crippen MR) is 115 cm³/mol. The highest BCUT2D eigenvalue weighted by Gasteiger charge is 2.13. The molecule has 1 amide bonds. The lowest BCUT2D eigenvalue weighted by Crippen LogP contribution is -2.30. The minimum atomic E-state index is -0.390. The first-order valence-electron chi connectivity index (χ1n) is 9.38. The van der Waals surface area contributed by atoms with Crippen molar-refractivity contribution in [3.8, 4) is 11.6 Å². The molecule has 0 aliphatic heterocycles. The van der Waals surface area contributed by atoms with Gasteiger partial charge in [-0.2, -0.15) is 5.10 Å². The van der Waals surface area contributed by atoms with Gasteiger partial charge in [0.05, 0.1) is 22.5 Å². The van der Waals surface area contributed by atoms with Gasteiger partial charge in [-0.05, 0) is 51.1 Å². The maximum atomic E-state index is 12.5. The van der Waals surface area contributed by atoms with E-state index in [0.29, 0.717) is 17.6 Å². The summed E-state index contributed by atoms with van der Waals surface area (Å²) >= 11 is 1.34. The molecule has 3 aromatic heterocycles. The molecule has 0 spiro atoms. The van der Waals surface area contributed by atoms with Crippen LogP contribution in [0.3, 0.4) is 0 Å². The van der Waals surface area contributed by atoms with Crippen LogP contribution in [0.1, 0.15) is 18.3 Å². The van der Waals surface area contributed by atoms with Crippen molar-refractivity contribution >= 4 is 32.6 Å². The van der Waals surface area contributed by atoms with Crippen LogP contribution in [0.15, 0.2) is 41.2 Å². The number of anilines is 1. The van der Waals surface area contributed by atoms with Crippen LogP contribution < -0.4 is 15.6 Å². The number of hydrogen-bond donors (Lipinski definition) is 1. The molecule has 9 nitrogen and oxygen atoms in total. The van der Waals surface area contributed by atoms with E-state index < -0.39 is 0 Å². The van der Waals surface area contributed by atoms with Crippen molar-refractivity contribution in [2.24, 2.45) is 0 Å². The Labute approximate surface area is 175 Å². The second kappa shape index (κ2) is 8.07. The molecule has 1 N–H and O–H groups in total. The van der Waals surface area contributed by atoms with Crippen molar-refractivity contribution in [3.63, 3.8) is 0 Å². The van der Waals surface area contributed by atoms with Crippen LogP contribution in [0.2, 0.25) is 0 Å². The summed E-state index contributed by atoms with van der Waals surface area (Å²) < 4.78 is 9.14. The van der Waals surface area contributed by atoms with Crippen LogP contribution >= 0.6 is 11.3 Å². The SMILES string of the molecule is CCOc1ccc2nc(NC(=O)Cn3nc(-n4nc(C)cc4C)ccc3=O)sc2c1. The number of fused-ring (bicyclic) bond motifs is 1. The summed E-state index contributed by atoms with van der Waals surface area (Å²) in [5, 5.41) is 11.8. The van der Waals surface area contributed by atoms with Gasteiger partial charge in [0, 0.05) is 11.8 Å². The van der Waals surface area contributed by atoms with Gasteiger partial charge in [-0.15, -0.1) is 5.10 Å². The average Bonchev–Trinajstić information content (AvgIpc) is 3.25. The fraction of sp³-hybridized carbons (Fsp3) is 0.250. The van der Waals surface area contributed by atoms with Crippen molar-refractivity contribution in [1.82, 2.24) is 24.5 Å². The van der Waals surface area contributed by atoms with E-state index in [1.807, 2.05) is 45.0 Å². The molecule has 0 fully saturated rings. The fourth-order valence-corrected chi connectivity index (χ4v) is 3.95. The quantitative estimate of drug-likeness (QED) is 0.510. The summed E-state index contributed by atoms with van der Waals surface area (Å²) in [6.45, 7) is 6.04. The van der Waals surface area contributed by atoms with Gasteiger partial charge in [-0.25, -0.2) is 14.3 Å². The number of amides is 1. The number of carbonyl (C=O) groups excluding carboxylic acids is 1. The Kier molecular flexibility index (Phi) is 5.32. The van der Waals surface area contributed by atoms with Gasteiger partial charge in [0.2, 0.25) is 5.91 Å². The number of thiazole rings is 1. The van der Waals surface area contributed by atoms with Crippen molar-refractivity contribution < 1.29 is 9.53 Å². The molecular formula is C20H20N6O3S. The van der Waals surface area contributed by atoms with Crippen LogP contribution in [0, 0.1) is 13.8 Å². The van der Waals surface area contributed by atoms with E-state index in [9.17, 15) is 9.59 Å². The first kappa shape index (κ1) is 19.8. The minimum absolute atomic E-state index is 0.230. The molecule has 0 saturated carbocycles. The fourth-order valence-electron chi connectivity index (χ4n) is 3.03. The van der Waals surface area contributed by atoms with E-state index >= 15 is 0 Å². The number of aromatic nitrogens is 5. The number of rotatable bonds is 6. The van der Waals surface area contributed by atoms with E-state index in [2.05, 4.69) is 20.5 Å². The lowest BCUT2D eigenvalue weighted by atomic mass is 10.3. The van der Waals surface area contributed by atoms with E-state index in [1.54, 1.807) is 10.7 Å². The highest BCUT2D eigenvalue weighted by molar-refractivity contribution is 7.22. The molecule has 1 aromatic carbocycles. The highest BCUT2D eigenvalue weighted by Crippen LogP contribution is 2.29. The van der Waals surface area contributed by atoms with E-state index in [-0.39, 0.29) is 18.0 Å². The Bertz CT molecular complexity index is 1290. The average molecular weight is 424 g/mol. The van der Waals surface area contributed by atoms with Crippen LogP contribution in [0.5, 0.6) is 5.75 Å². The van der Waals surface area contributed by atoms with Gasteiger partial charge in [0.1, 0.15) is 12.3 Å². The van der Waals surface area contributed by atoms with E-state index in [1.165, 1.54) is 17.4 Å². The van der Waals surface area contributed by atoms with Crippen molar-refractivity contribution in [1.29, 1.82) is 0 Å². The Morgan fingerprint density at radius 1 is 1.17 bits per heavy atom. The molecule has 4 aromatic rings. The molecule has 3 heterocycles. The van der Waals surface area contributed by atoms with Crippen molar-refractivity contribution in [2.45, 2.75) is 27.3 Å². The Hall–Kier alpha value is -3.53. The summed E-state index contributed by atoms with van der Waals surface area (Å²) in [7, 11) is 0. The first-order chi connectivity index (χ1) is 14.4. The second-order valence-electron chi connectivity index (χ2n) is 6.66. The molecule has 4 rings (SSSR count). The first-order valence-corrected chi connectivity index (χ1v) is 10.2. The molecule has 30 heavy (non-hydrogen) atoms. The minimum Gasteiger partial charge on any atom is -0.494 e. The monoisotopic (exact) mass is 424 g/mol. The third kappa shape index (κ3) is 4.08. The number of nitrogens with one attached hydrogen (secondary N) is 1. The second-order valence-corrected chi connectivity index (χ2v) is 7.69. The molecule has 0 aliphatic carbocycles. The zero-order chi connectivity index (χ0) is 21.3. The summed E-state index contributed by atoms with van der Waals surface area (Å²) in [5.74, 6) is 0.832. The molecule has 0 saturated heterocycles. The van der Waals surface area contributed by atoms with Crippen LogP contribution in [0.4, 0.5) is 5.13 Å². The zero-order valence-corrected chi connectivity index (χ0v) is 17.6. The summed E-state index contributed by atoms with van der Waals surface area (Å²) in [4.78, 5) is 29.1. The highest BCUT2D eigenvalue weighted by atomic mass is 32.1. The van der Waals surface area contributed by atoms with Gasteiger partial charge in [0.15, 0.2) is 10.9 Å². The number of hydrogen-bond acceptors (Lipinski definition) is 7. The number of nitrogens with zero attached hydrogens (tertiary/aromatic N) is 5. The summed E-state index contributed by atoms with van der Waals surface area (Å²) in [6, 6.07) is 10.4. The summed E-state index contributed by atoms with van der Waals surface area (Å²) in [5.41, 5.74) is 2.12. The lowest BCUT2D eigenvalue weighted by Gasteiger charge is -2.08. The molecule has 0 bridgehead atoms. The van der Waals surface area contributed by atoms with Gasteiger partial charge >= 0.3 is 0 Å². The van der Waals surface area contributed by atoms with Crippen LogP contribution in [0.25, 0.3) is 16.0 Å². The molecule has 0 radical (unpaired) electrons. The van der Waals surface area contributed by atoms with Gasteiger partial charge in [0.25, 0.3) is 5.56 Å². The molecule has 0 unspecified atom stereocenters. The van der Waals surface area contributed by atoms with E-state index in [0.717, 1.165) is 32.0 Å². The van der Waals surface area contributed by atoms with Crippen molar-refractivity contribution in [3.05, 3.63) is 58.1 Å². The zero-order valence-electron chi connectivity index (χ0n) is 16.7. The van der Waals surface area contributed by atoms with Gasteiger partial charge in [-0.1, -0.05) is 11.3 Å². The molecular weight excluding hydrogens is 404 g/mol. The number of ether oxygens (including phenoxy) is 1. The van der Waals surface area contributed by atoms with Gasteiger partial charge in [-0.3, -0.25) is 9.59 Å². The normalized spacial score (nSPS) is 11.0. The Morgan fingerprint density at radius 2 is 2.00 bits per heavy atom. The molecule has 0 aliphatic rings.